The fraction of sp³-hybridized carbons (Fsp3) is 0.0370. The summed E-state index contributed by atoms with van der Waals surface area (Å²) in [5.41, 5.74) is 1.75. The van der Waals surface area contributed by atoms with Crippen LogP contribution in [0.3, 0.4) is 0 Å². The van der Waals surface area contributed by atoms with E-state index in [-0.39, 0.29) is 5.91 Å². The lowest BCUT2D eigenvalue weighted by Gasteiger charge is -2.14. The number of benzene rings is 4. The van der Waals surface area contributed by atoms with Crippen molar-refractivity contribution in [3.63, 3.8) is 0 Å². The van der Waals surface area contributed by atoms with Crippen LogP contribution in [0.2, 0.25) is 5.02 Å². The smallest absolute Gasteiger partial charge is 0.344 e. The number of rotatable bonds is 4. The molecule has 5 nitrogen and oxygen atoms in total. The predicted molar refractivity (Wildman–Crippen MR) is 139 cm³/mol. The van der Waals surface area contributed by atoms with E-state index in [9.17, 15) is 9.59 Å². The average molecular weight is 535 g/mol. The van der Waals surface area contributed by atoms with Gasteiger partial charge in [-0.05, 0) is 57.0 Å². The maximum atomic E-state index is 13.1. The number of nitrogens with one attached hydrogen (secondary N) is 1. The molecular weight excluding hydrogens is 518 g/mol. The zero-order chi connectivity index (χ0) is 23.8. The summed E-state index contributed by atoms with van der Waals surface area (Å²) in [6, 6.07) is 23.5. The van der Waals surface area contributed by atoms with Crippen molar-refractivity contribution < 1.29 is 13.9 Å². The van der Waals surface area contributed by atoms with Crippen molar-refractivity contribution in [3.05, 3.63) is 104 Å². The molecule has 0 saturated heterocycles. The normalized spacial score (nSPS) is 11.0. The van der Waals surface area contributed by atoms with Crippen LogP contribution < -0.4 is 15.7 Å². The molecule has 0 aliphatic heterocycles. The molecule has 5 rings (SSSR count). The Kier molecular flexibility index (Phi) is 5.86. The van der Waals surface area contributed by atoms with Crippen LogP contribution in [0.4, 0.5) is 5.69 Å². The Balaban J connectivity index is 1.49. The first kappa shape index (κ1) is 22.2. The number of amides is 1. The summed E-state index contributed by atoms with van der Waals surface area (Å²) in [4.78, 5) is 25.7. The third kappa shape index (κ3) is 3.95. The highest BCUT2D eigenvalue weighted by Crippen LogP contribution is 2.37. The largest absolute Gasteiger partial charge is 0.495 e. The first-order valence-corrected chi connectivity index (χ1v) is 11.5. The molecule has 7 heteroatoms. The zero-order valence-corrected chi connectivity index (χ0v) is 20.2. The van der Waals surface area contributed by atoms with Gasteiger partial charge in [-0.2, -0.15) is 0 Å². The van der Waals surface area contributed by atoms with Gasteiger partial charge in [0.15, 0.2) is 0 Å². The van der Waals surface area contributed by atoms with Crippen LogP contribution in [0.1, 0.15) is 10.4 Å². The molecule has 1 N–H and O–H groups in total. The molecule has 1 heterocycles. The SMILES string of the molecule is COc1c(C(=O)Nc2ccc(-c3cc4ccccc4oc3=O)c(Cl)c2)cc2ccccc2c1Br. The van der Waals surface area contributed by atoms with Crippen LogP contribution in [0.5, 0.6) is 5.75 Å². The summed E-state index contributed by atoms with van der Waals surface area (Å²) in [7, 11) is 1.52. The van der Waals surface area contributed by atoms with Crippen LogP contribution in [0.15, 0.2) is 92.5 Å². The minimum atomic E-state index is -0.483. The number of para-hydroxylation sites is 1. The Morgan fingerprint density at radius 3 is 2.44 bits per heavy atom. The molecule has 0 saturated carbocycles. The van der Waals surface area contributed by atoms with Crippen LogP contribution in [-0.4, -0.2) is 13.0 Å². The van der Waals surface area contributed by atoms with Crippen LogP contribution >= 0.6 is 27.5 Å². The van der Waals surface area contributed by atoms with E-state index in [2.05, 4.69) is 21.2 Å². The molecule has 0 unspecified atom stereocenters. The lowest BCUT2D eigenvalue weighted by atomic mass is 10.0. The predicted octanol–water partition coefficient (Wildman–Crippen LogP) is 7.29. The topological polar surface area (TPSA) is 68.5 Å². The highest BCUT2D eigenvalue weighted by atomic mass is 79.9. The molecule has 5 aromatic rings. The minimum absolute atomic E-state index is 0.312. The highest BCUT2D eigenvalue weighted by molar-refractivity contribution is 9.10. The molecule has 0 aliphatic carbocycles. The van der Waals surface area contributed by atoms with E-state index in [4.69, 9.17) is 20.8 Å². The van der Waals surface area contributed by atoms with Crippen LogP contribution in [0.25, 0.3) is 32.9 Å². The second-order valence-electron chi connectivity index (χ2n) is 7.63. The van der Waals surface area contributed by atoms with E-state index in [1.165, 1.54) is 7.11 Å². The van der Waals surface area contributed by atoms with Gasteiger partial charge in [0.25, 0.3) is 5.91 Å². The van der Waals surface area contributed by atoms with E-state index in [1.807, 2.05) is 36.4 Å². The van der Waals surface area contributed by atoms with Crippen molar-refractivity contribution in [2.75, 3.05) is 12.4 Å². The van der Waals surface area contributed by atoms with E-state index < -0.39 is 5.63 Å². The summed E-state index contributed by atoms with van der Waals surface area (Å²) in [5.74, 6) is 0.0880. The summed E-state index contributed by atoms with van der Waals surface area (Å²) in [6.45, 7) is 0. The third-order valence-corrected chi connectivity index (χ3v) is 6.65. The van der Waals surface area contributed by atoms with Crippen molar-refractivity contribution in [1.82, 2.24) is 0 Å². The quantitative estimate of drug-likeness (QED) is 0.246. The monoisotopic (exact) mass is 533 g/mol. The van der Waals surface area contributed by atoms with Crippen molar-refractivity contribution in [2.45, 2.75) is 0 Å². The van der Waals surface area contributed by atoms with Gasteiger partial charge in [0.1, 0.15) is 11.3 Å². The number of hydrogen-bond donors (Lipinski definition) is 1. The fourth-order valence-electron chi connectivity index (χ4n) is 3.91. The third-order valence-electron chi connectivity index (χ3n) is 5.55. The summed E-state index contributed by atoms with van der Waals surface area (Å²) in [5, 5.41) is 5.81. The van der Waals surface area contributed by atoms with E-state index in [1.54, 1.807) is 42.5 Å². The second kappa shape index (κ2) is 8.97. The second-order valence-corrected chi connectivity index (χ2v) is 8.83. The first-order chi connectivity index (χ1) is 16.5. The zero-order valence-electron chi connectivity index (χ0n) is 17.9. The summed E-state index contributed by atoms with van der Waals surface area (Å²) in [6.07, 6.45) is 0. The number of ether oxygens (including phenoxy) is 1. The van der Waals surface area contributed by atoms with Gasteiger partial charge in [-0.15, -0.1) is 0 Å². The molecule has 0 aliphatic rings. The Hall–Kier alpha value is -3.61. The Labute approximate surface area is 208 Å². The molecule has 0 radical (unpaired) electrons. The van der Waals surface area contributed by atoms with Gasteiger partial charge >= 0.3 is 5.63 Å². The van der Waals surface area contributed by atoms with E-state index in [0.29, 0.717) is 43.2 Å². The Morgan fingerprint density at radius 1 is 0.941 bits per heavy atom. The number of halogens is 2. The summed E-state index contributed by atoms with van der Waals surface area (Å²) >= 11 is 10.1. The molecule has 0 bridgehead atoms. The highest BCUT2D eigenvalue weighted by Gasteiger charge is 2.19. The van der Waals surface area contributed by atoms with Gasteiger partial charge < -0.3 is 14.5 Å². The van der Waals surface area contributed by atoms with E-state index in [0.717, 1.165) is 16.2 Å². The maximum Gasteiger partial charge on any atom is 0.344 e. The number of hydrogen-bond acceptors (Lipinski definition) is 4. The van der Waals surface area contributed by atoms with Crippen LogP contribution in [0, 0.1) is 0 Å². The number of anilines is 1. The Bertz CT molecular complexity index is 1640. The van der Waals surface area contributed by atoms with Gasteiger partial charge in [-0.25, -0.2) is 4.79 Å². The van der Waals surface area contributed by atoms with Crippen molar-refractivity contribution in [1.29, 1.82) is 0 Å². The van der Waals surface area contributed by atoms with Gasteiger partial charge in [-0.1, -0.05) is 60.1 Å². The number of methoxy groups -OCH3 is 1. The molecule has 0 atom stereocenters. The van der Waals surface area contributed by atoms with Crippen molar-refractivity contribution in [3.8, 4) is 16.9 Å². The van der Waals surface area contributed by atoms with Gasteiger partial charge in [0.05, 0.1) is 27.7 Å². The minimum Gasteiger partial charge on any atom is -0.495 e. The van der Waals surface area contributed by atoms with Gasteiger partial charge in [-0.3, -0.25) is 4.79 Å². The lowest BCUT2D eigenvalue weighted by Crippen LogP contribution is -2.14. The van der Waals surface area contributed by atoms with Crippen molar-refractivity contribution in [2.24, 2.45) is 0 Å². The maximum absolute atomic E-state index is 13.1. The van der Waals surface area contributed by atoms with Gasteiger partial charge in [0.2, 0.25) is 0 Å². The van der Waals surface area contributed by atoms with Gasteiger partial charge in [0, 0.05) is 16.6 Å². The van der Waals surface area contributed by atoms with E-state index >= 15 is 0 Å². The number of fused-ring (bicyclic) bond motifs is 2. The Morgan fingerprint density at radius 2 is 1.68 bits per heavy atom. The molecule has 4 aromatic carbocycles. The summed E-state index contributed by atoms with van der Waals surface area (Å²) < 4.78 is 11.6. The molecule has 0 spiro atoms. The van der Waals surface area contributed by atoms with Crippen molar-refractivity contribution >= 4 is 60.9 Å². The van der Waals surface area contributed by atoms with Crippen LogP contribution in [-0.2, 0) is 0 Å². The number of carbonyl (C=O) groups is 1. The molecule has 0 fully saturated rings. The first-order valence-electron chi connectivity index (χ1n) is 10.4. The lowest BCUT2D eigenvalue weighted by molar-refractivity contribution is 0.102. The number of carbonyl (C=O) groups excluding carboxylic acids is 1. The molecule has 1 amide bonds. The average Bonchev–Trinajstić information content (AvgIpc) is 2.84. The molecular formula is C27H17BrClNO4. The molecule has 168 valence electrons. The molecule has 34 heavy (non-hydrogen) atoms. The standard InChI is InChI=1S/C27H17BrClNO4/c1-33-25-21(12-15-6-2-4-8-18(15)24(25)28)26(31)30-17-10-11-19(22(29)14-17)20-13-16-7-3-5-9-23(16)34-27(20)32/h2-14H,1H3,(H,30,31). The molecule has 1 aromatic heterocycles. The fourth-order valence-corrected chi connectivity index (χ4v) is 4.93.